The number of ether oxygens (including phenoxy) is 1. The number of carbonyl (C=O) groups is 2. The summed E-state index contributed by atoms with van der Waals surface area (Å²) < 4.78 is 11.9. The van der Waals surface area contributed by atoms with E-state index in [4.69, 9.17) is 20.8 Å². The number of aryl methyl sites for hydroxylation is 1. The molecule has 40 heavy (non-hydrogen) atoms. The Morgan fingerprint density at radius 1 is 1.00 bits per heavy atom. The fraction of sp³-hybridized carbons (Fsp3) is 0.226. The van der Waals surface area contributed by atoms with Crippen LogP contribution >= 0.6 is 23.4 Å². The van der Waals surface area contributed by atoms with Crippen molar-refractivity contribution in [2.24, 2.45) is 0 Å². The van der Waals surface area contributed by atoms with E-state index in [9.17, 15) is 14.7 Å². The molecule has 4 aromatic rings. The summed E-state index contributed by atoms with van der Waals surface area (Å²) in [4.78, 5) is 25.0. The summed E-state index contributed by atoms with van der Waals surface area (Å²) in [5, 5.41) is 12.9. The molecule has 0 spiro atoms. The van der Waals surface area contributed by atoms with Crippen LogP contribution in [0, 0.1) is 6.92 Å². The van der Waals surface area contributed by atoms with Crippen molar-refractivity contribution in [2.45, 2.75) is 32.6 Å². The first-order chi connectivity index (χ1) is 18.9. The topological polar surface area (TPSA) is 88.8 Å². The molecule has 0 aliphatic carbocycles. The van der Waals surface area contributed by atoms with Crippen LogP contribution in [0.1, 0.15) is 33.7 Å². The molecule has 0 aliphatic rings. The van der Waals surface area contributed by atoms with Crippen LogP contribution in [-0.4, -0.2) is 53.9 Å². The van der Waals surface area contributed by atoms with Gasteiger partial charge in [0.05, 0.1) is 6.61 Å². The number of amides is 1. The third-order valence-electron chi connectivity index (χ3n) is 6.28. The van der Waals surface area contributed by atoms with Gasteiger partial charge in [-0.25, -0.2) is 4.79 Å². The van der Waals surface area contributed by atoms with Gasteiger partial charge in [0.15, 0.2) is 0 Å². The number of furan rings is 1. The molecule has 204 valence electrons. The Morgan fingerprint density at radius 3 is 2.45 bits per heavy atom. The third kappa shape index (κ3) is 8.29. The Labute approximate surface area is 255 Å². The summed E-state index contributed by atoms with van der Waals surface area (Å²) in [6.07, 6.45) is 2.25. The van der Waals surface area contributed by atoms with Crippen molar-refractivity contribution >= 4 is 54.1 Å². The maximum absolute atomic E-state index is 13.2. The number of carbonyl (C=O) groups excluding carboxylic acids is 1. The van der Waals surface area contributed by atoms with E-state index < -0.39 is 17.9 Å². The zero-order valence-electron chi connectivity index (χ0n) is 21.8. The van der Waals surface area contributed by atoms with Crippen molar-refractivity contribution in [1.29, 1.82) is 0 Å². The average molecular weight is 572 g/mol. The van der Waals surface area contributed by atoms with Gasteiger partial charge in [0, 0.05) is 16.1 Å². The fourth-order valence-electron chi connectivity index (χ4n) is 4.20. The number of hydrogen-bond acceptors (Lipinski definition) is 5. The molecule has 1 atom stereocenters. The van der Waals surface area contributed by atoms with Crippen LogP contribution in [0.15, 0.2) is 83.3 Å². The molecule has 0 saturated carbocycles. The van der Waals surface area contributed by atoms with Crippen molar-refractivity contribution in [3.63, 3.8) is 0 Å². The Bertz CT molecular complexity index is 1440. The molecule has 1 heterocycles. The predicted molar refractivity (Wildman–Crippen MR) is 163 cm³/mol. The molecule has 9 heteroatoms. The molecule has 1 aromatic heterocycles. The van der Waals surface area contributed by atoms with Crippen LogP contribution in [0.25, 0.3) is 22.5 Å². The van der Waals surface area contributed by atoms with E-state index in [1.807, 2.05) is 86.0 Å². The van der Waals surface area contributed by atoms with E-state index in [2.05, 4.69) is 5.32 Å². The Hall–Kier alpha value is -2.92. The second-order valence-corrected chi connectivity index (χ2v) is 10.5. The second kappa shape index (κ2) is 15.2. The van der Waals surface area contributed by atoms with E-state index in [1.165, 1.54) is 0 Å². The normalized spacial score (nSPS) is 11.5. The molecule has 0 fully saturated rings. The van der Waals surface area contributed by atoms with Gasteiger partial charge in [0.2, 0.25) is 0 Å². The SMILES string of the molecule is CSCC[C@H](NC(=O)c1ccc(COCc2ccc(-c3ccc(Cl)cc3)o2)cc1-c1ccccc1C)C(=O)O.[LiH]. The van der Waals surface area contributed by atoms with Gasteiger partial charge in [0.1, 0.15) is 24.2 Å². The summed E-state index contributed by atoms with van der Waals surface area (Å²) in [7, 11) is 0. The first-order valence-electron chi connectivity index (χ1n) is 12.5. The molecular weight excluding hydrogens is 541 g/mol. The average Bonchev–Trinajstić information content (AvgIpc) is 3.40. The monoisotopic (exact) mass is 571 g/mol. The van der Waals surface area contributed by atoms with Gasteiger partial charge < -0.3 is 19.6 Å². The van der Waals surface area contributed by atoms with Crippen molar-refractivity contribution in [3.05, 3.63) is 106 Å². The maximum atomic E-state index is 13.2. The number of carboxylic acids is 1. The summed E-state index contributed by atoms with van der Waals surface area (Å²) >= 11 is 7.51. The number of nitrogens with one attached hydrogen (secondary N) is 1. The van der Waals surface area contributed by atoms with Crippen LogP contribution < -0.4 is 5.32 Å². The van der Waals surface area contributed by atoms with Gasteiger partial charge in [0.25, 0.3) is 5.91 Å². The first kappa shape index (κ1) is 31.6. The van der Waals surface area contributed by atoms with Crippen LogP contribution in [0.2, 0.25) is 5.02 Å². The van der Waals surface area contributed by atoms with Gasteiger partial charge in [-0.05, 0) is 96.1 Å². The molecule has 6 nitrogen and oxygen atoms in total. The number of carboxylic acid groups (broad SMARTS) is 1. The number of thioether (sulfide) groups is 1. The summed E-state index contributed by atoms with van der Waals surface area (Å²) in [5.74, 6) is 0.603. The van der Waals surface area contributed by atoms with Crippen molar-refractivity contribution < 1.29 is 23.8 Å². The molecule has 3 aromatic carbocycles. The van der Waals surface area contributed by atoms with Gasteiger partial charge in [-0.2, -0.15) is 11.8 Å². The molecular formula is C31H31ClLiNO5S. The number of hydrogen-bond donors (Lipinski definition) is 2. The van der Waals surface area contributed by atoms with Crippen LogP contribution in [0.5, 0.6) is 0 Å². The van der Waals surface area contributed by atoms with Crippen molar-refractivity contribution in [1.82, 2.24) is 5.32 Å². The van der Waals surface area contributed by atoms with Gasteiger partial charge >= 0.3 is 24.8 Å². The van der Waals surface area contributed by atoms with Crippen molar-refractivity contribution in [2.75, 3.05) is 12.0 Å². The molecule has 0 bridgehead atoms. The molecule has 0 unspecified atom stereocenters. The fourth-order valence-corrected chi connectivity index (χ4v) is 4.80. The van der Waals surface area contributed by atoms with E-state index in [-0.39, 0.29) is 25.5 Å². The van der Waals surface area contributed by atoms with Gasteiger partial charge in [-0.1, -0.05) is 41.9 Å². The van der Waals surface area contributed by atoms with E-state index in [0.29, 0.717) is 35.1 Å². The molecule has 1 amide bonds. The van der Waals surface area contributed by atoms with Crippen LogP contribution in [0.3, 0.4) is 0 Å². The Morgan fingerprint density at radius 2 is 1.75 bits per heavy atom. The Balaban J connectivity index is 0.00000441. The molecule has 2 N–H and O–H groups in total. The summed E-state index contributed by atoms with van der Waals surface area (Å²) in [5.41, 5.74) is 4.87. The van der Waals surface area contributed by atoms with E-state index in [0.717, 1.165) is 33.6 Å². The summed E-state index contributed by atoms with van der Waals surface area (Å²) in [6, 6.07) is 23.5. The third-order valence-corrected chi connectivity index (χ3v) is 7.18. The molecule has 4 rings (SSSR count). The number of halogens is 1. The summed E-state index contributed by atoms with van der Waals surface area (Å²) in [6.45, 7) is 2.57. The van der Waals surface area contributed by atoms with E-state index >= 15 is 0 Å². The van der Waals surface area contributed by atoms with Crippen molar-refractivity contribution in [3.8, 4) is 22.5 Å². The quantitative estimate of drug-likeness (QED) is 0.187. The van der Waals surface area contributed by atoms with Gasteiger partial charge in [-0.3, -0.25) is 4.79 Å². The standard InChI is InChI=1S/C31H30ClNO5S.Li.H/c1-20-5-3-4-6-25(20)27-17-21(7-13-26(27)30(34)33-28(31(35)36)15-16-39-2)18-37-19-24-12-14-29(38-24)22-8-10-23(32)11-9-22;;/h3-14,17,28H,15-16,18-19H2,1-2H3,(H,33,34)(H,35,36);;/t28-;;/m0../s1. The second-order valence-electron chi connectivity index (χ2n) is 9.11. The van der Waals surface area contributed by atoms with Crippen LogP contribution in [-0.2, 0) is 22.7 Å². The van der Waals surface area contributed by atoms with E-state index in [1.54, 1.807) is 17.8 Å². The molecule has 0 aliphatic heterocycles. The minimum atomic E-state index is -1.04. The number of aliphatic carboxylic acids is 1. The minimum absolute atomic E-state index is 0. The molecule has 0 saturated heterocycles. The molecule has 0 radical (unpaired) electrons. The Kier molecular flexibility index (Phi) is 12.0. The predicted octanol–water partition coefficient (Wildman–Crippen LogP) is 6.58. The zero-order valence-corrected chi connectivity index (χ0v) is 23.4. The number of benzene rings is 3. The van der Waals surface area contributed by atoms with Gasteiger partial charge in [-0.15, -0.1) is 0 Å². The van der Waals surface area contributed by atoms with Crippen LogP contribution in [0.4, 0.5) is 0 Å². The first-order valence-corrected chi connectivity index (χ1v) is 14.3. The number of rotatable bonds is 12. The zero-order chi connectivity index (χ0) is 27.8.